The maximum Gasteiger partial charge on any atom is 0.0975 e. The number of hydrogen-bond acceptors (Lipinski definition) is 3. The molecule has 0 radical (unpaired) electrons. The van der Waals surface area contributed by atoms with E-state index in [9.17, 15) is 0 Å². The highest BCUT2D eigenvalue weighted by Gasteiger charge is 2.12. The average Bonchev–Trinajstić information content (AvgIpc) is 2.75. The van der Waals surface area contributed by atoms with Gasteiger partial charge in [0.05, 0.1) is 20.7 Å². The van der Waals surface area contributed by atoms with Gasteiger partial charge in [-0.3, -0.25) is 0 Å². The molecule has 5 heteroatoms. The highest BCUT2D eigenvalue weighted by molar-refractivity contribution is 7.11. The van der Waals surface area contributed by atoms with E-state index in [0.29, 0.717) is 22.5 Å². The molecule has 2 rings (SSSR count). The number of benzene rings is 1. The molecule has 0 aliphatic rings. The monoisotopic (exact) mass is 328 g/mol. The van der Waals surface area contributed by atoms with Crippen LogP contribution >= 0.6 is 34.5 Å². The van der Waals surface area contributed by atoms with E-state index in [2.05, 4.69) is 13.8 Å². The van der Waals surface area contributed by atoms with E-state index < -0.39 is 0 Å². The summed E-state index contributed by atoms with van der Waals surface area (Å²) < 4.78 is 0. The molecule has 0 saturated heterocycles. The Bertz CT molecular complexity index is 594. The van der Waals surface area contributed by atoms with Gasteiger partial charge >= 0.3 is 0 Å². The highest BCUT2D eigenvalue weighted by Crippen LogP contribution is 2.26. The number of nitrogens with zero attached hydrogens (tertiary/aromatic N) is 1. The van der Waals surface area contributed by atoms with Crippen LogP contribution in [0.3, 0.4) is 0 Å². The van der Waals surface area contributed by atoms with Crippen molar-refractivity contribution in [2.45, 2.75) is 33.2 Å². The Morgan fingerprint density at radius 1 is 1.25 bits per heavy atom. The van der Waals surface area contributed by atoms with Gasteiger partial charge in [0.2, 0.25) is 0 Å². The van der Waals surface area contributed by atoms with Crippen LogP contribution in [-0.4, -0.2) is 4.98 Å². The van der Waals surface area contributed by atoms with Crippen LogP contribution in [0.5, 0.6) is 0 Å². The van der Waals surface area contributed by atoms with E-state index in [4.69, 9.17) is 33.9 Å². The first-order chi connectivity index (χ1) is 9.49. The molecule has 0 bridgehead atoms. The minimum absolute atomic E-state index is 0.557. The average molecular weight is 329 g/mol. The zero-order valence-electron chi connectivity index (χ0n) is 11.6. The van der Waals surface area contributed by atoms with Gasteiger partial charge in [-0.1, -0.05) is 43.1 Å². The van der Waals surface area contributed by atoms with Gasteiger partial charge in [0.25, 0.3) is 0 Å². The summed E-state index contributed by atoms with van der Waals surface area (Å²) in [5, 5.41) is 2.25. The van der Waals surface area contributed by atoms with Crippen molar-refractivity contribution >= 4 is 34.5 Å². The standard InChI is InChI=1S/C15H18Cl2N2S/c1-9(2)5-13-14(8-18)20-15(19-13)7-10-3-4-11(16)12(17)6-10/h3-4,6,9H,5,7-8,18H2,1-2H3. The minimum atomic E-state index is 0.557. The molecule has 1 heterocycles. The smallest absolute Gasteiger partial charge is 0.0975 e. The highest BCUT2D eigenvalue weighted by atomic mass is 35.5. The van der Waals surface area contributed by atoms with Crippen LogP contribution in [-0.2, 0) is 19.4 Å². The van der Waals surface area contributed by atoms with Crippen LogP contribution in [0.4, 0.5) is 0 Å². The SMILES string of the molecule is CC(C)Cc1nc(Cc2ccc(Cl)c(Cl)c2)sc1CN. The van der Waals surface area contributed by atoms with E-state index in [1.165, 1.54) is 4.88 Å². The van der Waals surface area contributed by atoms with Crippen LogP contribution in [0.15, 0.2) is 18.2 Å². The van der Waals surface area contributed by atoms with Crippen LogP contribution < -0.4 is 5.73 Å². The van der Waals surface area contributed by atoms with Gasteiger partial charge in [-0.05, 0) is 30.0 Å². The van der Waals surface area contributed by atoms with Crippen molar-refractivity contribution in [3.05, 3.63) is 49.4 Å². The van der Waals surface area contributed by atoms with Crippen molar-refractivity contribution in [3.63, 3.8) is 0 Å². The topological polar surface area (TPSA) is 38.9 Å². The number of aromatic nitrogens is 1. The van der Waals surface area contributed by atoms with Crippen molar-refractivity contribution in [1.29, 1.82) is 0 Å². The van der Waals surface area contributed by atoms with Gasteiger partial charge in [0.1, 0.15) is 0 Å². The number of thiazole rings is 1. The fourth-order valence-corrected chi connectivity index (χ4v) is 3.37. The Balaban J connectivity index is 2.20. The van der Waals surface area contributed by atoms with E-state index in [0.717, 1.165) is 29.1 Å². The quantitative estimate of drug-likeness (QED) is 0.864. The summed E-state index contributed by atoms with van der Waals surface area (Å²) in [6.45, 7) is 4.94. The van der Waals surface area contributed by atoms with E-state index >= 15 is 0 Å². The molecule has 1 aromatic carbocycles. The fraction of sp³-hybridized carbons (Fsp3) is 0.400. The first-order valence-electron chi connectivity index (χ1n) is 6.61. The number of hydrogen-bond donors (Lipinski definition) is 1. The van der Waals surface area contributed by atoms with Crippen LogP contribution in [0.25, 0.3) is 0 Å². The molecule has 2 nitrogen and oxygen atoms in total. The molecular formula is C15H18Cl2N2S. The van der Waals surface area contributed by atoms with Gasteiger partial charge in [0.15, 0.2) is 0 Å². The van der Waals surface area contributed by atoms with Gasteiger partial charge in [0, 0.05) is 17.8 Å². The predicted molar refractivity (Wildman–Crippen MR) is 87.8 cm³/mol. The third kappa shape index (κ3) is 3.95. The molecule has 0 aliphatic carbocycles. The van der Waals surface area contributed by atoms with Gasteiger partial charge in [-0.2, -0.15) is 0 Å². The first-order valence-corrected chi connectivity index (χ1v) is 8.18. The molecule has 0 amide bonds. The second kappa shape index (κ2) is 6.90. The van der Waals surface area contributed by atoms with Crippen molar-refractivity contribution in [3.8, 4) is 0 Å². The molecule has 0 fully saturated rings. The summed E-state index contributed by atoms with van der Waals surface area (Å²) in [6.07, 6.45) is 1.75. The normalized spacial score (nSPS) is 11.3. The lowest BCUT2D eigenvalue weighted by Gasteiger charge is -2.02. The zero-order valence-corrected chi connectivity index (χ0v) is 13.9. The van der Waals surface area contributed by atoms with Crippen LogP contribution in [0, 0.1) is 5.92 Å². The van der Waals surface area contributed by atoms with Gasteiger partial charge in [-0.25, -0.2) is 4.98 Å². The third-order valence-corrected chi connectivity index (χ3v) is 4.81. The Morgan fingerprint density at radius 3 is 2.60 bits per heavy atom. The first kappa shape index (κ1) is 15.8. The van der Waals surface area contributed by atoms with E-state index in [1.807, 2.05) is 18.2 Å². The molecule has 0 spiro atoms. The predicted octanol–water partition coefficient (Wildman–Crippen LogP) is 4.70. The van der Waals surface area contributed by atoms with E-state index in [-0.39, 0.29) is 0 Å². The Labute approximate surface area is 133 Å². The summed E-state index contributed by atoms with van der Waals surface area (Å²) in [5.74, 6) is 0.584. The summed E-state index contributed by atoms with van der Waals surface area (Å²) in [6, 6.07) is 5.71. The van der Waals surface area contributed by atoms with Crippen molar-refractivity contribution in [2.24, 2.45) is 11.7 Å². The lowest BCUT2D eigenvalue weighted by atomic mass is 10.1. The summed E-state index contributed by atoms with van der Waals surface area (Å²) >= 11 is 13.7. The van der Waals surface area contributed by atoms with Gasteiger partial charge < -0.3 is 5.73 Å². The molecule has 0 atom stereocenters. The van der Waals surface area contributed by atoms with Crippen LogP contribution in [0.1, 0.15) is 35.0 Å². The van der Waals surface area contributed by atoms with Crippen molar-refractivity contribution in [2.75, 3.05) is 0 Å². The number of rotatable bonds is 5. The molecule has 2 N–H and O–H groups in total. The van der Waals surface area contributed by atoms with Gasteiger partial charge in [-0.15, -0.1) is 11.3 Å². The van der Waals surface area contributed by atoms with E-state index in [1.54, 1.807) is 11.3 Å². The second-order valence-electron chi connectivity index (χ2n) is 5.20. The van der Waals surface area contributed by atoms with Crippen LogP contribution in [0.2, 0.25) is 10.0 Å². The molecular weight excluding hydrogens is 311 g/mol. The lowest BCUT2D eigenvalue weighted by Crippen LogP contribution is -2.02. The zero-order chi connectivity index (χ0) is 14.7. The molecule has 0 unspecified atom stereocenters. The summed E-state index contributed by atoms with van der Waals surface area (Å²) in [4.78, 5) is 5.92. The minimum Gasteiger partial charge on any atom is -0.326 e. The summed E-state index contributed by atoms with van der Waals surface area (Å²) in [7, 11) is 0. The molecule has 0 aliphatic heterocycles. The van der Waals surface area contributed by atoms with Crippen molar-refractivity contribution in [1.82, 2.24) is 4.98 Å². The molecule has 2 aromatic rings. The molecule has 1 aromatic heterocycles. The number of nitrogens with two attached hydrogens (primary N) is 1. The Hall–Kier alpha value is -0.610. The second-order valence-corrected chi connectivity index (χ2v) is 7.19. The number of halogens is 2. The molecule has 0 saturated carbocycles. The Kier molecular flexibility index (Phi) is 5.44. The molecule has 20 heavy (non-hydrogen) atoms. The largest absolute Gasteiger partial charge is 0.326 e. The van der Waals surface area contributed by atoms with Crippen molar-refractivity contribution < 1.29 is 0 Å². The maximum absolute atomic E-state index is 6.04. The maximum atomic E-state index is 6.04. The molecule has 108 valence electrons. The summed E-state index contributed by atoms with van der Waals surface area (Å²) in [5.41, 5.74) is 8.07. The fourth-order valence-electron chi connectivity index (χ4n) is 2.04. The third-order valence-electron chi connectivity index (χ3n) is 2.95. The Morgan fingerprint density at radius 2 is 2.00 bits per heavy atom. The lowest BCUT2D eigenvalue weighted by molar-refractivity contribution is 0.632.